The van der Waals surface area contributed by atoms with Gasteiger partial charge in [0.1, 0.15) is 5.76 Å². The van der Waals surface area contributed by atoms with Crippen molar-refractivity contribution in [3.05, 3.63) is 24.2 Å². The Morgan fingerprint density at radius 3 is 2.82 bits per heavy atom. The van der Waals surface area contributed by atoms with E-state index in [9.17, 15) is 4.79 Å². The predicted octanol–water partition coefficient (Wildman–Crippen LogP) is 2.36. The fourth-order valence-corrected chi connectivity index (χ4v) is 2.27. The molecule has 1 aromatic rings. The van der Waals surface area contributed by atoms with Crippen molar-refractivity contribution in [1.82, 2.24) is 4.90 Å². The van der Waals surface area contributed by atoms with E-state index < -0.39 is 5.97 Å². The molecule has 1 fully saturated rings. The van der Waals surface area contributed by atoms with E-state index in [1.165, 1.54) is 0 Å². The van der Waals surface area contributed by atoms with Crippen molar-refractivity contribution in [2.75, 3.05) is 13.1 Å². The van der Waals surface area contributed by atoms with Gasteiger partial charge in [0.2, 0.25) is 0 Å². The van der Waals surface area contributed by atoms with Crippen molar-refractivity contribution >= 4 is 5.97 Å². The van der Waals surface area contributed by atoms with Crippen molar-refractivity contribution < 1.29 is 14.3 Å². The molecule has 1 aliphatic carbocycles. The van der Waals surface area contributed by atoms with Gasteiger partial charge in [-0.25, -0.2) is 0 Å². The summed E-state index contributed by atoms with van der Waals surface area (Å²) in [6.07, 6.45) is 4.04. The van der Waals surface area contributed by atoms with E-state index in [2.05, 4.69) is 11.8 Å². The van der Waals surface area contributed by atoms with Crippen molar-refractivity contribution in [1.29, 1.82) is 0 Å². The summed E-state index contributed by atoms with van der Waals surface area (Å²) in [7, 11) is 0. The molecule has 0 aromatic carbocycles. The minimum absolute atomic E-state index is 0.0223. The van der Waals surface area contributed by atoms with Crippen LogP contribution in [0.2, 0.25) is 0 Å². The lowest BCUT2D eigenvalue weighted by molar-refractivity contribution is -0.138. The second-order valence-electron chi connectivity index (χ2n) is 4.95. The summed E-state index contributed by atoms with van der Waals surface area (Å²) in [5.41, 5.74) is 0.0223. The van der Waals surface area contributed by atoms with Gasteiger partial charge in [0.25, 0.3) is 0 Å². The molecule has 4 nitrogen and oxygen atoms in total. The Morgan fingerprint density at radius 2 is 2.35 bits per heavy atom. The van der Waals surface area contributed by atoms with E-state index in [-0.39, 0.29) is 5.41 Å². The number of carbonyl (C=O) groups is 1. The number of furan rings is 1. The highest BCUT2D eigenvalue weighted by Gasteiger charge is 2.45. The third-order valence-electron chi connectivity index (χ3n) is 3.45. The summed E-state index contributed by atoms with van der Waals surface area (Å²) in [5.74, 6) is 0.259. The number of hydrogen-bond acceptors (Lipinski definition) is 3. The number of aliphatic carboxylic acids is 1. The molecule has 2 rings (SSSR count). The van der Waals surface area contributed by atoms with Crippen LogP contribution in [0.15, 0.2) is 22.8 Å². The highest BCUT2D eigenvalue weighted by Crippen LogP contribution is 2.49. The van der Waals surface area contributed by atoms with Crippen LogP contribution < -0.4 is 0 Å². The standard InChI is InChI=1S/C13H19NO3/c1-2-14(9-11-4-3-7-17-11)10-13(5-6-13)8-12(15)16/h3-4,7H,2,5-6,8-10H2,1H3,(H,15,16). The molecule has 1 N–H and O–H groups in total. The molecule has 0 saturated heterocycles. The molecular formula is C13H19NO3. The summed E-state index contributed by atoms with van der Waals surface area (Å²) >= 11 is 0. The topological polar surface area (TPSA) is 53.7 Å². The van der Waals surface area contributed by atoms with Gasteiger partial charge in [0.05, 0.1) is 19.2 Å². The Morgan fingerprint density at radius 1 is 1.59 bits per heavy atom. The second-order valence-corrected chi connectivity index (χ2v) is 4.95. The van der Waals surface area contributed by atoms with E-state index in [1.807, 2.05) is 12.1 Å². The van der Waals surface area contributed by atoms with Crippen molar-refractivity contribution in [2.45, 2.75) is 32.7 Å². The fraction of sp³-hybridized carbons (Fsp3) is 0.615. The molecule has 0 radical (unpaired) electrons. The molecule has 4 heteroatoms. The smallest absolute Gasteiger partial charge is 0.303 e. The first-order chi connectivity index (χ1) is 8.13. The third-order valence-corrected chi connectivity index (χ3v) is 3.45. The molecule has 0 spiro atoms. The summed E-state index contributed by atoms with van der Waals surface area (Å²) < 4.78 is 5.32. The summed E-state index contributed by atoms with van der Waals surface area (Å²) in [6.45, 7) is 4.64. The Kier molecular flexibility index (Phi) is 3.52. The van der Waals surface area contributed by atoms with Crippen LogP contribution in [0.1, 0.15) is 31.9 Å². The van der Waals surface area contributed by atoms with Crippen molar-refractivity contribution in [3.8, 4) is 0 Å². The van der Waals surface area contributed by atoms with Gasteiger partial charge in [0.15, 0.2) is 0 Å². The Labute approximate surface area is 101 Å². The second kappa shape index (κ2) is 4.92. The molecule has 0 unspecified atom stereocenters. The van der Waals surface area contributed by atoms with Crippen LogP contribution in [0.3, 0.4) is 0 Å². The van der Waals surface area contributed by atoms with Crippen LogP contribution in [-0.4, -0.2) is 29.1 Å². The summed E-state index contributed by atoms with van der Waals surface area (Å²) in [4.78, 5) is 13.1. The largest absolute Gasteiger partial charge is 0.481 e. The minimum atomic E-state index is -0.684. The molecule has 1 aromatic heterocycles. The van der Waals surface area contributed by atoms with Crippen LogP contribution in [-0.2, 0) is 11.3 Å². The molecule has 0 aliphatic heterocycles. The lowest BCUT2D eigenvalue weighted by Gasteiger charge is -2.24. The number of rotatable bonds is 7. The van der Waals surface area contributed by atoms with Gasteiger partial charge in [-0.3, -0.25) is 9.69 Å². The van der Waals surface area contributed by atoms with Gasteiger partial charge in [-0.2, -0.15) is 0 Å². The summed E-state index contributed by atoms with van der Waals surface area (Å²) in [5, 5.41) is 8.89. The Balaban J connectivity index is 1.89. The highest BCUT2D eigenvalue weighted by atomic mass is 16.4. The molecule has 0 atom stereocenters. The molecule has 17 heavy (non-hydrogen) atoms. The Hall–Kier alpha value is -1.29. The zero-order valence-corrected chi connectivity index (χ0v) is 10.2. The van der Waals surface area contributed by atoms with Gasteiger partial charge < -0.3 is 9.52 Å². The molecule has 94 valence electrons. The molecule has 1 aliphatic rings. The van der Waals surface area contributed by atoms with Gasteiger partial charge in [0, 0.05) is 6.54 Å². The van der Waals surface area contributed by atoms with Crippen LogP contribution in [0.5, 0.6) is 0 Å². The zero-order valence-electron chi connectivity index (χ0n) is 10.2. The van der Waals surface area contributed by atoms with Crippen molar-refractivity contribution in [2.24, 2.45) is 5.41 Å². The molecule has 1 heterocycles. The first-order valence-electron chi connectivity index (χ1n) is 6.10. The predicted molar refractivity (Wildman–Crippen MR) is 63.6 cm³/mol. The van der Waals surface area contributed by atoms with Crippen LogP contribution in [0.4, 0.5) is 0 Å². The molecular weight excluding hydrogens is 218 g/mol. The van der Waals surface area contributed by atoms with E-state index in [0.717, 1.165) is 38.2 Å². The maximum Gasteiger partial charge on any atom is 0.303 e. The fourth-order valence-electron chi connectivity index (χ4n) is 2.27. The number of carboxylic acids is 1. The Bertz CT molecular complexity index is 368. The first kappa shape index (κ1) is 12.2. The monoisotopic (exact) mass is 237 g/mol. The quantitative estimate of drug-likeness (QED) is 0.791. The van der Waals surface area contributed by atoms with Crippen LogP contribution in [0.25, 0.3) is 0 Å². The van der Waals surface area contributed by atoms with Crippen LogP contribution >= 0.6 is 0 Å². The van der Waals surface area contributed by atoms with E-state index >= 15 is 0 Å². The van der Waals surface area contributed by atoms with Gasteiger partial charge in [-0.1, -0.05) is 6.92 Å². The average Bonchev–Trinajstić information content (AvgIpc) is 2.81. The van der Waals surface area contributed by atoms with Gasteiger partial charge in [-0.05, 0) is 36.9 Å². The molecule has 0 bridgehead atoms. The highest BCUT2D eigenvalue weighted by molar-refractivity contribution is 5.68. The maximum absolute atomic E-state index is 10.8. The van der Waals surface area contributed by atoms with E-state index in [1.54, 1.807) is 6.26 Å². The SMILES string of the molecule is CCN(Cc1ccco1)CC1(CC(=O)O)CC1. The van der Waals surface area contributed by atoms with Gasteiger partial charge >= 0.3 is 5.97 Å². The average molecular weight is 237 g/mol. The van der Waals surface area contributed by atoms with Crippen molar-refractivity contribution in [3.63, 3.8) is 0 Å². The van der Waals surface area contributed by atoms with E-state index in [0.29, 0.717) is 6.42 Å². The lowest BCUT2D eigenvalue weighted by Crippen LogP contribution is -2.31. The van der Waals surface area contributed by atoms with Crippen LogP contribution in [0, 0.1) is 5.41 Å². The molecule has 1 saturated carbocycles. The van der Waals surface area contributed by atoms with Gasteiger partial charge in [-0.15, -0.1) is 0 Å². The summed E-state index contributed by atoms with van der Waals surface area (Å²) in [6, 6.07) is 3.84. The first-order valence-corrected chi connectivity index (χ1v) is 6.10. The van der Waals surface area contributed by atoms with E-state index in [4.69, 9.17) is 9.52 Å². The zero-order chi connectivity index (χ0) is 12.3. The third kappa shape index (κ3) is 3.33. The minimum Gasteiger partial charge on any atom is -0.481 e. The normalized spacial score (nSPS) is 17.3. The maximum atomic E-state index is 10.8. The number of carboxylic acid groups (broad SMARTS) is 1. The number of hydrogen-bond donors (Lipinski definition) is 1. The molecule has 0 amide bonds. The lowest BCUT2D eigenvalue weighted by atomic mass is 10.0. The number of nitrogens with zero attached hydrogens (tertiary/aromatic N) is 1.